The van der Waals surface area contributed by atoms with Gasteiger partial charge in [-0.1, -0.05) is 0 Å². The van der Waals surface area contributed by atoms with Crippen molar-refractivity contribution in [3.05, 3.63) is 32.6 Å². The highest BCUT2D eigenvalue weighted by molar-refractivity contribution is 7.51. The van der Waals surface area contributed by atoms with Gasteiger partial charge >= 0.3 is 13.3 Å². The molecule has 1 saturated heterocycles. The minimum atomic E-state index is -4.26. The molecule has 1 aromatic rings. The van der Waals surface area contributed by atoms with Gasteiger partial charge in [0.2, 0.25) is 0 Å². The Morgan fingerprint density at radius 3 is 2.80 bits per heavy atom. The number of hydrogen-bond donors (Lipinski definition) is 4. The molecule has 112 valence electrons. The summed E-state index contributed by atoms with van der Waals surface area (Å²) in [5, 5.41) is 2.99. The van der Waals surface area contributed by atoms with Crippen LogP contribution in [0.25, 0.3) is 0 Å². The number of rotatable bonds is 4. The molecule has 10 heteroatoms. The minimum absolute atomic E-state index is 0.370. The smallest absolute Gasteiger partial charge is 0.350 e. The van der Waals surface area contributed by atoms with Gasteiger partial charge in [0.25, 0.3) is 5.56 Å². The zero-order valence-electron chi connectivity index (χ0n) is 10.8. The van der Waals surface area contributed by atoms with E-state index in [9.17, 15) is 14.2 Å². The lowest BCUT2D eigenvalue weighted by Gasteiger charge is -2.21. The number of ether oxygens (including phenoxy) is 1. The first kappa shape index (κ1) is 15.1. The summed E-state index contributed by atoms with van der Waals surface area (Å²) in [6.07, 6.45) is 0.171. The van der Waals surface area contributed by atoms with E-state index in [0.29, 0.717) is 18.7 Å². The van der Waals surface area contributed by atoms with E-state index < -0.39 is 37.3 Å². The second-order valence-corrected chi connectivity index (χ2v) is 6.29. The zero-order valence-corrected chi connectivity index (χ0v) is 11.7. The summed E-state index contributed by atoms with van der Waals surface area (Å²) in [5.41, 5.74) is -0.644. The Morgan fingerprint density at radius 1 is 1.45 bits per heavy atom. The molecule has 0 radical (unpaired) electrons. The minimum Gasteiger partial charge on any atom is -0.362 e. The SMILES string of the molecule is Cc1cn([C@@H]2CNC[C@@H]2OCP(=O)(O)O)c(=O)[nH]c1=O. The van der Waals surface area contributed by atoms with E-state index >= 15 is 0 Å². The van der Waals surface area contributed by atoms with Crippen LogP contribution in [-0.4, -0.2) is 44.9 Å². The Kier molecular flexibility index (Phi) is 4.26. The molecule has 0 amide bonds. The van der Waals surface area contributed by atoms with Crippen LogP contribution in [0.4, 0.5) is 0 Å². The van der Waals surface area contributed by atoms with E-state index in [1.807, 2.05) is 0 Å². The lowest BCUT2D eigenvalue weighted by molar-refractivity contribution is 0.0603. The average Bonchev–Trinajstić information content (AvgIpc) is 2.78. The van der Waals surface area contributed by atoms with Gasteiger partial charge in [0, 0.05) is 24.8 Å². The summed E-state index contributed by atoms with van der Waals surface area (Å²) in [5.74, 6) is 0. The van der Waals surface area contributed by atoms with Gasteiger partial charge in [-0.25, -0.2) is 4.79 Å². The van der Waals surface area contributed by atoms with Crippen LogP contribution in [0, 0.1) is 6.92 Å². The first-order chi connectivity index (χ1) is 9.28. The van der Waals surface area contributed by atoms with Crippen LogP contribution in [0.5, 0.6) is 0 Å². The maximum atomic E-state index is 11.8. The van der Waals surface area contributed by atoms with E-state index in [4.69, 9.17) is 14.5 Å². The second-order valence-electron chi connectivity index (χ2n) is 4.70. The van der Waals surface area contributed by atoms with Crippen molar-refractivity contribution in [1.29, 1.82) is 0 Å². The molecule has 0 aromatic carbocycles. The van der Waals surface area contributed by atoms with E-state index in [1.165, 1.54) is 10.8 Å². The van der Waals surface area contributed by atoms with Crippen LogP contribution >= 0.6 is 7.60 Å². The molecule has 2 heterocycles. The highest BCUT2D eigenvalue weighted by Gasteiger charge is 2.32. The van der Waals surface area contributed by atoms with E-state index in [-0.39, 0.29) is 0 Å². The van der Waals surface area contributed by atoms with Crippen LogP contribution in [0.1, 0.15) is 11.6 Å². The summed E-state index contributed by atoms with van der Waals surface area (Å²) in [4.78, 5) is 43.0. The third-order valence-electron chi connectivity index (χ3n) is 3.09. The van der Waals surface area contributed by atoms with Gasteiger partial charge in [-0.2, -0.15) is 0 Å². The third kappa shape index (κ3) is 3.44. The quantitative estimate of drug-likeness (QED) is 0.498. The molecule has 20 heavy (non-hydrogen) atoms. The number of aryl methyl sites for hydroxylation is 1. The number of aromatic amines is 1. The molecule has 2 rings (SSSR count). The number of nitrogens with one attached hydrogen (secondary N) is 2. The first-order valence-electron chi connectivity index (χ1n) is 5.97. The van der Waals surface area contributed by atoms with Crippen molar-refractivity contribution in [3.8, 4) is 0 Å². The molecule has 0 spiro atoms. The third-order valence-corrected chi connectivity index (χ3v) is 3.57. The first-order valence-corrected chi connectivity index (χ1v) is 7.76. The fraction of sp³-hybridized carbons (Fsp3) is 0.600. The Morgan fingerprint density at radius 2 is 2.15 bits per heavy atom. The topological polar surface area (TPSA) is 134 Å². The summed E-state index contributed by atoms with van der Waals surface area (Å²) < 4.78 is 17.3. The van der Waals surface area contributed by atoms with Crippen molar-refractivity contribution in [2.24, 2.45) is 0 Å². The highest BCUT2D eigenvalue weighted by atomic mass is 31.2. The largest absolute Gasteiger partial charge is 0.362 e. The summed E-state index contributed by atoms with van der Waals surface area (Å²) in [6, 6.07) is -0.426. The second kappa shape index (κ2) is 5.63. The summed E-state index contributed by atoms with van der Waals surface area (Å²) in [6.45, 7) is 2.36. The predicted octanol–water partition coefficient (Wildman–Crippen LogP) is -1.49. The molecule has 2 atom stereocenters. The average molecular weight is 305 g/mol. The normalized spacial score (nSPS) is 23.1. The zero-order chi connectivity index (χ0) is 14.9. The monoisotopic (exact) mass is 305 g/mol. The van der Waals surface area contributed by atoms with Crippen LogP contribution in [0.15, 0.2) is 15.8 Å². The van der Waals surface area contributed by atoms with Crippen molar-refractivity contribution < 1.29 is 19.1 Å². The van der Waals surface area contributed by atoms with Gasteiger partial charge < -0.3 is 19.8 Å². The van der Waals surface area contributed by atoms with Gasteiger partial charge in [-0.3, -0.25) is 18.9 Å². The van der Waals surface area contributed by atoms with Crippen molar-refractivity contribution in [2.75, 3.05) is 19.4 Å². The molecule has 0 unspecified atom stereocenters. The lowest BCUT2D eigenvalue weighted by atomic mass is 10.2. The summed E-state index contributed by atoms with van der Waals surface area (Å²) in [7, 11) is -4.26. The molecule has 4 N–H and O–H groups in total. The molecule has 1 aliphatic rings. The van der Waals surface area contributed by atoms with E-state index in [0.717, 1.165) is 0 Å². The number of hydrogen-bond acceptors (Lipinski definition) is 5. The van der Waals surface area contributed by atoms with Crippen molar-refractivity contribution in [1.82, 2.24) is 14.9 Å². The molecule has 1 aliphatic heterocycles. The van der Waals surface area contributed by atoms with E-state index in [1.54, 1.807) is 6.92 Å². The van der Waals surface area contributed by atoms with Crippen molar-refractivity contribution >= 4 is 7.60 Å². The Hall–Kier alpha value is -1.25. The predicted molar refractivity (Wildman–Crippen MR) is 69.8 cm³/mol. The van der Waals surface area contributed by atoms with Crippen LogP contribution in [-0.2, 0) is 9.30 Å². The van der Waals surface area contributed by atoms with Crippen LogP contribution in [0.2, 0.25) is 0 Å². The van der Waals surface area contributed by atoms with Crippen LogP contribution in [0.3, 0.4) is 0 Å². The Balaban J connectivity index is 2.23. The van der Waals surface area contributed by atoms with Gasteiger partial charge in [0.15, 0.2) is 0 Å². The maximum absolute atomic E-state index is 11.8. The molecule has 0 bridgehead atoms. The Bertz CT molecular complexity index is 647. The fourth-order valence-electron chi connectivity index (χ4n) is 2.11. The van der Waals surface area contributed by atoms with Crippen LogP contribution < -0.4 is 16.6 Å². The van der Waals surface area contributed by atoms with Gasteiger partial charge in [-0.05, 0) is 6.92 Å². The van der Waals surface area contributed by atoms with Gasteiger partial charge in [0.1, 0.15) is 6.35 Å². The highest BCUT2D eigenvalue weighted by Crippen LogP contribution is 2.35. The van der Waals surface area contributed by atoms with Crippen molar-refractivity contribution in [3.63, 3.8) is 0 Å². The van der Waals surface area contributed by atoms with Gasteiger partial charge in [-0.15, -0.1) is 0 Å². The van der Waals surface area contributed by atoms with Gasteiger partial charge in [0.05, 0.1) is 12.1 Å². The number of nitrogens with zero attached hydrogens (tertiary/aromatic N) is 1. The lowest BCUT2D eigenvalue weighted by Crippen LogP contribution is -2.38. The standard InChI is InChI=1S/C10H16N3O6P/c1-6-4-13(10(15)12-9(6)14)7-2-11-3-8(7)19-5-20(16,17)18/h4,7-8,11H,2-3,5H2,1H3,(H,12,14,15)(H2,16,17,18)/t7-,8+/m1/s1. The van der Waals surface area contributed by atoms with E-state index in [2.05, 4.69) is 10.3 Å². The number of aromatic nitrogens is 2. The molecule has 1 fully saturated rings. The summed E-state index contributed by atoms with van der Waals surface area (Å²) >= 11 is 0. The molecule has 0 saturated carbocycles. The number of H-pyrrole nitrogens is 1. The fourth-order valence-corrected chi connectivity index (χ4v) is 2.50. The Labute approximate surface area is 113 Å². The molecule has 1 aromatic heterocycles. The molecular weight excluding hydrogens is 289 g/mol. The molecule has 9 nitrogen and oxygen atoms in total. The molecular formula is C10H16N3O6P. The van der Waals surface area contributed by atoms with Crippen molar-refractivity contribution in [2.45, 2.75) is 19.1 Å². The molecule has 0 aliphatic carbocycles. The maximum Gasteiger partial charge on any atom is 0.350 e.